The summed E-state index contributed by atoms with van der Waals surface area (Å²) < 4.78 is 2.26. The maximum absolute atomic E-state index is 12.4. The average Bonchev–Trinajstić information content (AvgIpc) is 3.22. The van der Waals surface area contributed by atoms with Crippen molar-refractivity contribution >= 4 is 41.6 Å². The number of benzene rings is 2. The number of anilines is 1. The number of hydrogen-bond donors (Lipinski definition) is 3. The molecule has 1 amide bonds. The number of nitrogens with one attached hydrogen (secondary N) is 2. The molecule has 2 radical (unpaired) electrons. The average molecular weight is 440 g/mol. The Hall–Kier alpha value is -3.39. The van der Waals surface area contributed by atoms with Crippen molar-refractivity contribution in [3.05, 3.63) is 65.5 Å². The van der Waals surface area contributed by atoms with Gasteiger partial charge < -0.3 is 20.8 Å². The summed E-state index contributed by atoms with van der Waals surface area (Å²) in [6.45, 7) is 4.24. The van der Waals surface area contributed by atoms with Crippen LogP contribution in [-0.2, 0) is 19.4 Å². The van der Waals surface area contributed by atoms with Gasteiger partial charge in [0.2, 0.25) is 0 Å². The summed E-state index contributed by atoms with van der Waals surface area (Å²) >= 11 is 0. The minimum absolute atomic E-state index is 0.0503. The molecule has 0 aliphatic carbocycles. The van der Waals surface area contributed by atoms with Crippen LogP contribution >= 0.6 is 0 Å². The molecule has 0 unspecified atom stereocenters. The molecule has 0 fully saturated rings. The molecule has 4 rings (SSSR count). The lowest BCUT2D eigenvalue weighted by atomic mass is 10.1. The van der Waals surface area contributed by atoms with Gasteiger partial charge in [-0.05, 0) is 49.6 Å². The number of fused-ring (bicyclic) bond motifs is 3. The molecule has 0 spiro atoms. The first-order chi connectivity index (χ1) is 16.1. The molecular weight excluding hydrogens is 411 g/mol. The lowest BCUT2D eigenvalue weighted by Gasteiger charge is -2.11. The summed E-state index contributed by atoms with van der Waals surface area (Å²) in [5.41, 5.74) is 10.7. The standard InChI is InChI=1S/C25H29BN6O/c1-2-21-31-22-23(19-7-3-4-8-20(19)30-24(22)27)32(21)16-6-5-14-28-25(33)18-11-9-17(10-12-18)13-15-29-26/h3-4,7-12,29H,2,5-6,13-16H2,1H3,(H2,27,30)(H,28,33). The van der Waals surface area contributed by atoms with Crippen LogP contribution in [0.25, 0.3) is 21.9 Å². The second-order valence-electron chi connectivity index (χ2n) is 8.11. The van der Waals surface area contributed by atoms with Gasteiger partial charge in [0.15, 0.2) is 13.8 Å². The molecule has 0 aliphatic heterocycles. The van der Waals surface area contributed by atoms with E-state index in [1.807, 2.05) is 42.5 Å². The third-order valence-corrected chi connectivity index (χ3v) is 5.87. The number of rotatable bonds is 10. The molecule has 0 saturated carbocycles. The van der Waals surface area contributed by atoms with Crippen molar-refractivity contribution < 1.29 is 4.79 Å². The van der Waals surface area contributed by atoms with Crippen molar-refractivity contribution in [2.24, 2.45) is 0 Å². The van der Waals surface area contributed by atoms with Crippen molar-refractivity contribution in [3.8, 4) is 0 Å². The van der Waals surface area contributed by atoms with E-state index < -0.39 is 0 Å². The predicted molar refractivity (Wildman–Crippen MR) is 134 cm³/mol. The number of carbonyl (C=O) groups excluding carboxylic acids is 1. The topological polar surface area (TPSA) is 97.9 Å². The third kappa shape index (κ3) is 5.01. The molecule has 0 saturated heterocycles. The molecule has 8 heteroatoms. The first-order valence-electron chi connectivity index (χ1n) is 11.5. The van der Waals surface area contributed by atoms with Gasteiger partial charge in [0.1, 0.15) is 11.3 Å². The number of para-hydroxylation sites is 1. The van der Waals surface area contributed by atoms with Gasteiger partial charge in [-0.3, -0.25) is 4.79 Å². The Bertz CT molecular complexity index is 1250. The maximum atomic E-state index is 12.4. The summed E-state index contributed by atoms with van der Waals surface area (Å²) in [6, 6.07) is 15.7. The van der Waals surface area contributed by atoms with Gasteiger partial charge in [0, 0.05) is 30.5 Å². The minimum Gasteiger partial charge on any atom is -0.382 e. The van der Waals surface area contributed by atoms with E-state index in [1.54, 1.807) is 0 Å². The fourth-order valence-corrected chi connectivity index (χ4v) is 4.15. The van der Waals surface area contributed by atoms with Crippen LogP contribution in [0.4, 0.5) is 5.82 Å². The van der Waals surface area contributed by atoms with Gasteiger partial charge >= 0.3 is 0 Å². The largest absolute Gasteiger partial charge is 0.382 e. The zero-order valence-electron chi connectivity index (χ0n) is 19.0. The van der Waals surface area contributed by atoms with Crippen LogP contribution in [0.2, 0.25) is 0 Å². The fraction of sp³-hybridized carbons (Fsp3) is 0.320. The first kappa shape index (κ1) is 22.8. The van der Waals surface area contributed by atoms with E-state index in [4.69, 9.17) is 18.7 Å². The highest BCUT2D eigenvalue weighted by Gasteiger charge is 2.16. The highest BCUT2D eigenvalue weighted by atomic mass is 16.1. The second-order valence-corrected chi connectivity index (χ2v) is 8.11. The van der Waals surface area contributed by atoms with Gasteiger partial charge in [-0.2, -0.15) is 0 Å². The molecule has 4 aromatic rings. The summed E-state index contributed by atoms with van der Waals surface area (Å²) in [4.78, 5) is 21.7. The van der Waals surface area contributed by atoms with Crippen LogP contribution in [0.5, 0.6) is 0 Å². The van der Waals surface area contributed by atoms with E-state index in [9.17, 15) is 4.79 Å². The smallest absolute Gasteiger partial charge is 0.251 e. The van der Waals surface area contributed by atoms with Crippen molar-refractivity contribution in [2.75, 3.05) is 18.8 Å². The highest BCUT2D eigenvalue weighted by molar-refractivity contribution is 6.06. The number of unbranched alkanes of at least 4 members (excludes halogenated alkanes) is 1. The zero-order valence-corrected chi connectivity index (χ0v) is 19.0. The number of hydrogen-bond acceptors (Lipinski definition) is 5. The molecule has 0 aliphatic rings. The minimum atomic E-state index is -0.0503. The SMILES string of the molecule is [B]NCCc1ccc(C(=O)NCCCCn2c(CC)nc3c(N)nc4ccccc4c32)cc1. The van der Waals surface area contributed by atoms with Gasteiger partial charge in [-0.25, -0.2) is 9.97 Å². The van der Waals surface area contributed by atoms with E-state index in [-0.39, 0.29) is 5.91 Å². The monoisotopic (exact) mass is 440 g/mol. The fourth-order valence-electron chi connectivity index (χ4n) is 4.15. The number of nitrogens with two attached hydrogens (primary N) is 1. The Kier molecular flexibility index (Phi) is 7.24. The van der Waals surface area contributed by atoms with E-state index in [1.165, 1.54) is 0 Å². The number of nitrogen functional groups attached to an aromatic ring is 1. The van der Waals surface area contributed by atoms with Gasteiger partial charge in [-0.15, -0.1) is 0 Å². The lowest BCUT2D eigenvalue weighted by molar-refractivity contribution is 0.0953. The van der Waals surface area contributed by atoms with E-state index in [0.717, 1.165) is 65.6 Å². The Labute approximate surface area is 195 Å². The lowest BCUT2D eigenvalue weighted by Crippen LogP contribution is -2.24. The number of nitrogens with zero attached hydrogens (tertiary/aromatic N) is 3. The number of amides is 1. The summed E-state index contributed by atoms with van der Waals surface area (Å²) in [5, 5.41) is 6.72. The summed E-state index contributed by atoms with van der Waals surface area (Å²) in [7, 11) is 5.31. The van der Waals surface area contributed by atoms with Gasteiger partial charge in [0.25, 0.3) is 5.91 Å². The van der Waals surface area contributed by atoms with Crippen molar-refractivity contribution in [3.63, 3.8) is 0 Å². The van der Waals surface area contributed by atoms with E-state index >= 15 is 0 Å². The van der Waals surface area contributed by atoms with E-state index in [2.05, 4.69) is 33.1 Å². The van der Waals surface area contributed by atoms with Crippen LogP contribution in [0, 0.1) is 0 Å². The molecular formula is C25H29BN6O. The Morgan fingerprint density at radius 3 is 2.61 bits per heavy atom. The number of aromatic nitrogens is 3. The van der Waals surface area contributed by atoms with Gasteiger partial charge in [0.05, 0.1) is 11.0 Å². The summed E-state index contributed by atoms with van der Waals surface area (Å²) in [5.74, 6) is 1.42. The van der Waals surface area contributed by atoms with E-state index in [0.29, 0.717) is 24.5 Å². The van der Waals surface area contributed by atoms with Gasteiger partial charge in [-0.1, -0.05) is 37.3 Å². The van der Waals surface area contributed by atoms with Crippen LogP contribution in [0.1, 0.15) is 41.5 Å². The third-order valence-electron chi connectivity index (χ3n) is 5.87. The molecule has 33 heavy (non-hydrogen) atoms. The Balaban J connectivity index is 1.38. The van der Waals surface area contributed by atoms with Crippen LogP contribution in [0.3, 0.4) is 0 Å². The molecule has 2 aromatic carbocycles. The van der Waals surface area contributed by atoms with Crippen molar-refractivity contribution in [2.45, 2.75) is 39.2 Å². The molecule has 4 N–H and O–H groups in total. The molecule has 2 aromatic heterocycles. The van der Waals surface area contributed by atoms with Crippen LogP contribution in [0.15, 0.2) is 48.5 Å². The predicted octanol–water partition coefficient (Wildman–Crippen LogP) is 3.15. The molecule has 168 valence electrons. The molecule has 2 heterocycles. The second kappa shape index (κ2) is 10.5. The number of carbonyl (C=O) groups is 1. The Morgan fingerprint density at radius 2 is 1.85 bits per heavy atom. The first-order valence-corrected chi connectivity index (χ1v) is 11.5. The maximum Gasteiger partial charge on any atom is 0.251 e. The molecule has 7 nitrogen and oxygen atoms in total. The van der Waals surface area contributed by atoms with Crippen molar-refractivity contribution in [1.82, 2.24) is 25.1 Å². The van der Waals surface area contributed by atoms with Crippen LogP contribution < -0.4 is 16.3 Å². The number of pyridine rings is 1. The Morgan fingerprint density at radius 1 is 1.06 bits per heavy atom. The van der Waals surface area contributed by atoms with Crippen molar-refractivity contribution in [1.29, 1.82) is 0 Å². The molecule has 0 atom stereocenters. The molecule has 0 bridgehead atoms. The normalized spacial score (nSPS) is 11.3. The number of aryl methyl sites for hydroxylation is 2. The number of imidazole rings is 1. The highest BCUT2D eigenvalue weighted by Crippen LogP contribution is 2.29. The quantitative estimate of drug-likeness (QED) is 0.260. The zero-order chi connectivity index (χ0) is 23.2. The van der Waals surface area contributed by atoms with Crippen LogP contribution in [-0.4, -0.2) is 41.5 Å². The summed E-state index contributed by atoms with van der Waals surface area (Å²) in [6.07, 6.45) is 3.43.